The molecule has 0 aliphatic carbocycles. The fourth-order valence-electron chi connectivity index (χ4n) is 2.48. The Balaban J connectivity index is 2.24. The first-order valence-electron chi connectivity index (χ1n) is 7.96. The van der Waals surface area contributed by atoms with Gasteiger partial charge in [0.2, 0.25) is 5.60 Å². The highest BCUT2D eigenvalue weighted by Crippen LogP contribution is 2.66. The van der Waals surface area contributed by atoms with Gasteiger partial charge < -0.3 is 34.5 Å². The summed E-state index contributed by atoms with van der Waals surface area (Å²) in [4.78, 5) is 60.6. The van der Waals surface area contributed by atoms with Crippen molar-refractivity contribution in [2.75, 3.05) is 6.61 Å². The Bertz CT molecular complexity index is 1180. The van der Waals surface area contributed by atoms with Gasteiger partial charge in [0.1, 0.15) is 18.4 Å². The van der Waals surface area contributed by atoms with Gasteiger partial charge in [-0.2, -0.15) is 18.4 Å². The molecule has 180 valence electrons. The zero-order chi connectivity index (χ0) is 24.5. The zero-order valence-corrected chi connectivity index (χ0v) is 18.3. The lowest BCUT2D eigenvalue weighted by Crippen LogP contribution is -2.49. The molecule has 18 nitrogen and oxygen atoms in total. The maximum atomic E-state index is 12.0. The van der Waals surface area contributed by atoms with Gasteiger partial charge in [0.25, 0.3) is 5.56 Å². The van der Waals surface area contributed by atoms with Gasteiger partial charge in [0.15, 0.2) is 6.23 Å². The van der Waals surface area contributed by atoms with E-state index >= 15 is 0 Å². The predicted octanol–water partition coefficient (Wildman–Crippen LogP) is -2.71. The quantitative estimate of drug-likeness (QED) is 0.135. The summed E-state index contributed by atoms with van der Waals surface area (Å²) in [6.07, 6.45) is -4.98. The lowest BCUT2D eigenvalue weighted by Gasteiger charge is -2.25. The number of phosphoric ester groups is 1. The average Bonchev–Trinajstić information content (AvgIpc) is 2.82. The number of rotatable bonds is 8. The van der Waals surface area contributed by atoms with Crippen molar-refractivity contribution < 1.29 is 61.4 Å². The Labute approximate surface area is 176 Å². The van der Waals surface area contributed by atoms with E-state index in [0.717, 1.165) is 0 Å². The molecular formula is C11H16N3O15P3. The highest BCUT2D eigenvalue weighted by Gasteiger charge is 2.57. The highest BCUT2D eigenvalue weighted by molar-refractivity contribution is 7.66. The van der Waals surface area contributed by atoms with Gasteiger partial charge in [0.05, 0.1) is 6.61 Å². The molecule has 2 heterocycles. The first-order chi connectivity index (χ1) is 14.5. The van der Waals surface area contributed by atoms with E-state index in [4.69, 9.17) is 19.4 Å². The Kier molecular flexibility index (Phi) is 7.82. The Morgan fingerprint density at radius 1 is 1.22 bits per heavy atom. The Morgan fingerprint density at radius 3 is 2.38 bits per heavy atom. The zero-order valence-electron chi connectivity index (χ0n) is 15.6. The van der Waals surface area contributed by atoms with Crippen molar-refractivity contribution in [1.82, 2.24) is 14.8 Å². The van der Waals surface area contributed by atoms with E-state index in [1.165, 1.54) is 6.92 Å². The van der Waals surface area contributed by atoms with Crippen LogP contribution in [0.2, 0.25) is 0 Å². The van der Waals surface area contributed by atoms with Crippen LogP contribution in [0.15, 0.2) is 15.8 Å². The smallest absolute Gasteiger partial charge is 0.386 e. The number of aliphatic hydroxyl groups is 2. The van der Waals surface area contributed by atoms with Crippen LogP contribution in [-0.4, -0.2) is 69.0 Å². The van der Waals surface area contributed by atoms with Crippen LogP contribution in [0.3, 0.4) is 0 Å². The van der Waals surface area contributed by atoms with Gasteiger partial charge in [-0.1, -0.05) is 5.92 Å². The van der Waals surface area contributed by atoms with Crippen molar-refractivity contribution in [3.63, 3.8) is 0 Å². The molecule has 0 amide bonds. The minimum atomic E-state index is -5.78. The number of phosphoric acid groups is 3. The van der Waals surface area contributed by atoms with Crippen molar-refractivity contribution in [3.8, 4) is 11.8 Å². The van der Waals surface area contributed by atoms with Crippen LogP contribution in [0.1, 0.15) is 13.2 Å². The minimum Gasteiger partial charge on any atom is -0.386 e. The molecule has 6 atom stereocenters. The molecule has 3 unspecified atom stereocenters. The average molecular weight is 523 g/mol. The molecule has 0 bridgehead atoms. The van der Waals surface area contributed by atoms with E-state index < -0.39 is 65.4 Å². The highest BCUT2D eigenvalue weighted by atomic mass is 31.3. The number of aromatic amines is 1. The number of aromatic nitrogens is 3. The van der Waals surface area contributed by atoms with E-state index in [-0.39, 0.29) is 0 Å². The second kappa shape index (κ2) is 9.37. The fourth-order valence-corrected chi connectivity index (χ4v) is 5.51. The molecule has 1 saturated heterocycles. The van der Waals surface area contributed by atoms with Crippen molar-refractivity contribution >= 4 is 23.5 Å². The summed E-state index contributed by atoms with van der Waals surface area (Å²) in [6.45, 7) is 0.109. The van der Waals surface area contributed by atoms with Crippen molar-refractivity contribution in [1.29, 1.82) is 0 Å². The summed E-state index contributed by atoms with van der Waals surface area (Å²) in [5.74, 6) is 4.45. The molecule has 0 aromatic carbocycles. The van der Waals surface area contributed by atoms with Gasteiger partial charge in [-0.05, 0) is 6.92 Å². The maximum Gasteiger partial charge on any atom is 0.490 e. The molecule has 1 aliphatic heterocycles. The number of nitrogens with one attached hydrogen (secondary N) is 1. The van der Waals surface area contributed by atoms with E-state index in [9.17, 15) is 38.4 Å². The number of aliphatic hydroxyl groups excluding tert-OH is 1. The van der Waals surface area contributed by atoms with Crippen molar-refractivity contribution in [2.24, 2.45) is 0 Å². The molecule has 0 saturated carbocycles. The van der Waals surface area contributed by atoms with Crippen LogP contribution in [0.4, 0.5) is 0 Å². The molecule has 32 heavy (non-hydrogen) atoms. The third kappa shape index (κ3) is 6.50. The molecule has 0 spiro atoms. The summed E-state index contributed by atoms with van der Waals surface area (Å²) >= 11 is 0. The van der Waals surface area contributed by atoms with Crippen LogP contribution in [0.25, 0.3) is 0 Å². The van der Waals surface area contributed by atoms with Crippen LogP contribution in [0, 0.1) is 11.8 Å². The van der Waals surface area contributed by atoms with Crippen LogP contribution < -0.4 is 11.2 Å². The van der Waals surface area contributed by atoms with Gasteiger partial charge >= 0.3 is 29.2 Å². The van der Waals surface area contributed by atoms with Crippen LogP contribution >= 0.6 is 23.5 Å². The summed E-state index contributed by atoms with van der Waals surface area (Å²) < 4.78 is 50.8. The lowest BCUT2D eigenvalue weighted by atomic mass is 9.95. The number of hydrogen-bond donors (Lipinski definition) is 7. The second-order valence-electron chi connectivity index (χ2n) is 5.94. The minimum absolute atomic E-state index is 0.416. The second-order valence-corrected chi connectivity index (χ2v) is 10.4. The molecular weight excluding hydrogens is 507 g/mol. The van der Waals surface area contributed by atoms with E-state index in [1.807, 2.05) is 4.98 Å². The predicted molar refractivity (Wildman–Crippen MR) is 97.3 cm³/mol. The Morgan fingerprint density at radius 2 is 1.84 bits per heavy atom. The van der Waals surface area contributed by atoms with E-state index in [1.54, 1.807) is 0 Å². The molecule has 1 aliphatic rings. The van der Waals surface area contributed by atoms with Gasteiger partial charge in [-0.25, -0.2) is 18.5 Å². The standard InChI is InChI=1S/C11H16N3O15P3/c1-2-3-11(18)8(16)6(27-9(11)14-10(17)13-7(15)4-12-14)5-26-31(22,23)29-32(24,25)28-30(19,20)21/h4,6,8-9,16,18H,5H2,1H3,(H,22,23)(H,24,25)(H,13,15,17)(H2,19,20,21)/t6-,8+,9-,11?/m1/s1. The lowest BCUT2D eigenvalue weighted by molar-refractivity contribution is -0.0834. The fraction of sp³-hybridized carbons (Fsp3) is 0.545. The number of nitrogens with zero attached hydrogens (tertiary/aromatic N) is 2. The molecule has 2 rings (SSSR count). The Hall–Kier alpha value is -1.54. The largest absolute Gasteiger partial charge is 0.490 e. The van der Waals surface area contributed by atoms with Crippen molar-refractivity contribution in [3.05, 3.63) is 27.0 Å². The van der Waals surface area contributed by atoms with E-state index in [0.29, 0.717) is 10.9 Å². The summed E-state index contributed by atoms with van der Waals surface area (Å²) in [6, 6.07) is 0. The molecule has 1 aromatic rings. The molecule has 1 fully saturated rings. The third-order valence-electron chi connectivity index (χ3n) is 3.59. The molecule has 7 N–H and O–H groups in total. The number of hydrogen-bond acceptors (Lipinski definition) is 12. The SMILES string of the molecule is CC#CC1(O)[C@@H](O)[C@@H](COP(=O)(O)OP(=O)(O)OP(=O)(O)O)O[C@H]1n1ncc(=O)[nH]c1=O. The summed E-state index contributed by atoms with van der Waals surface area (Å²) in [5, 5.41) is 24.6. The third-order valence-corrected chi connectivity index (χ3v) is 7.39. The van der Waals surface area contributed by atoms with Crippen LogP contribution in [0.5, 0.6) is 0 Å². The molecule has 21 heteroatoms. The number of ether oxygens (including phenoxy) is 1. The van der Waals surface area contributed by atoms with Crippen LogP contribution in [-0.2, 0) is 31.6 Å². The normalized spacial score (nSPS) is 29.5. The van der Waals surface area contributed by atoms with E-state index in [2.05, 4.69) is 30.1 Å². The topological polar surface area (TPSA) is 277 Å². The summed E-state index contributed by atoms with van der Waals surface area (Å²) in [7, 11) is -17.0. The first kappa shape index (κ1) is 26.7. The monoisotopic (exact) mass is 523 g/mol. The summed E-state index contributed by atoms with van der Waals surface area (Å²) in [5.41, 5.74) is -4.60. The molecule has 0 radical (unpaired) electrons. The number of H-pyrrole nitrogens is 1. The maximum absolute atomic E-state index is 12.0. The van der Waals surface area contributed by atoms with Gasteiger partial charge in [-0.3, -0.25) is 14.3 Å². The van der Waals surface area contributed by atoms with Gasteiger partial charge in [0, 0.05) is 0 Å². The molecule has 1 aromatic heterocycles. The first-order valence-corrected chi connectivity index (χ1v) is 12.5. The van der Waals surface area contributed by atoms with Gasteiger partial charge in [-0.15, -0.1) is 5.92 Å². The van der Waals surface area contributed by atoms with Crippen molar-refractivity contribution in [2.45, 2.75) is 31.0 Å².